The van der Waals surface area contributed by atoms with Gasteiger partial charge in [0.05, 0.1) is 11.2 Å². The Hall–Kier alpha value is -2.81. The maximum atomic E-state index is 13.7. The molecule has 0 spiro atoms. The lowest BCUT2D eigenvalue weighted by Gasteiger charge is -2.12. The molecule has 1 N–H and O–H groups in total. The zero-order valence-corrected chi connectivity index (χ0v) is 14.6. The van der Waals surface area contributed by atoms with Crippen LogP contribution in [0.3, 0.4) is 0 Å². The molecule has 0 radical (unpaired) electrons. The van der Waals surface area contributed by atoms with E-state index in [-0.39, 0.29) is 17.8 Å². The van der Waals surface area contributed by atoms with Crippen molar-refractivity contribution in [2.75, 3.05) is 5.32 Å². The van der Waals surface area contributed by atoms with E-state index in [1.165, 1.54) is 15.9 Å². The van der Waals surface area contributed by atoms with E-state index in [2.05, 4.69) is 5.32 Å². The summed E-state index contributed by atoms with van der Waals surface area (Å²) in [6.45, 7) is 1.67. The molecule has 26 heavy (non-hydrogen) atoms. The van der Waals surface area contributed by atoms with Crippen LogP contribution in [0.5, 0.6) is 0 Å². The highest BCUT2D eigenvalue weighted by Crippen LogP contribution is 2.17. The molecule has 2 aromatic heterocycles. The standard InChI is InChI=1S/C17H15F2N3O3S/c1-2-6-21-16(24)15-13(5-7-26-15)22(17(21)25)9-14(23)20-12-4-3-10(18)8-11(12)19/h3-5,7-8H,2,6,9H2,1H3,(H,20,23). The van der Waals surface area contributed by atoms with E-state index in [1.54, 1.807) is 11.4 Å². The van der Waals surface area contributed by atoms with Crippen LogP contribution in [0.2, 0.25) is 0 Å². The van der Waals surface area contributed by atoms with Crippen LogP contribution in [0.1, 0.15) is 13.3 Å². The van der Waals surface area contributed by atoms with Gasteiger partial charge in [0, 0.05) is 12.6 Å². The number of anilines is 1. The number of carbonyl (C=O) groups is 1. The molecule has 0 aliphatic carbocycles. The number of halogens is 2. The fraction of sp³-hybridized carbons (Fsp3) is 0.235. The number of carbonyl (C=O) groups excluding carboxylic acids is 1. The summed E-state index contributed by atoms with van der Waals surface area (Å²) < 4.78 is 29.3. The van der Waals surface area contributed by atoms with E-state index < -0.39 is 29.8 Å². The highest BCUT2D eigenvalue weighted by Gasteiger charge is 2.16. The van der Waals surface area contributed by atoms with E-state index in [0.29, 0.717) is 22.7 Å². The monoisotopic (exact) mass is 379 g/mol. The van der Waals surface area contributed by atoms with Gasteiger partial charge in [-0.2, -0.15) is 0 Å². The van der Waals surface area contributed by atoms with Gasteiger partial charge in [-0.25, -0.2) is 13.6 Å². The lowest BCUT2D eigenvalue weighted by molar-refractivity contribution is -0.116. The van der Waals surface area contributed by atoms with Crippen molar-refractivity contribution < 1.29 is 13.6 Å². The minimum atomic E-state index is -0.915. The number of fused-ring (bicyclic) bond motifs is 1. The Kier molecular flexibility index (Phi) is 4.99. The van der Waals surface area contributed by atoms with Crippen molar-refractivity contribution in [3.8, 4) is 0 Å². The minimum Gasteiger partial charge on any atom is -0.322 e. The van der Waals surface area contributed by atoms with Gasteiger partial charge in [-0.1, -0.05) is 6.92 Å². The molecule has 2 heterocycles. The molecule has 3 aromatic rings. The Morgan fingerprint density at radius 3 is 2.65 bits per heavy atom. The van der Waals surface area contributed by atoms with E-state index in [1.807, 2.05) is 6.92 Å². The Morgan fingerprint density at radius 1 is 1.19 bits per heavy atom. The summed E-state index contributed by atoms with van der Waals surface area (Å²) in [5.41, 5.74) is -0.819. The van der Waals surface area contributed by atoms with Crippen LogP contribution in [0, 0.1) is 11.6 Å². The van der Waals surface area contributed by atoms with Crippen molar-refractivity contribution in [1.29, 1.82) is 0 Å². The summed E-state index contributed by atoms with van der Waals surface area (Å²) in [4.78, 5) is 37.3. The molecule has 136 valence electrons. The predicted octanol–water partition coefficient (Wildman–Crippen LogP) is 2.55. The summed E-state index contributed by atoms with van der Waals surface area (Å²) >= 11 is 1.19. The third kappa shape index (κ3) is 3.30. The van der Waals surface area contributed by atoms with Crippen molar-refractivity contribution in [3.05, 3.63) is 62.1 Å². The Morgan fingerprint density at radius 2 is 1.96 bits per heavy atom. The molecule has 0 atom stereocenters. The van der Waals surface area contributed by atoms with Crippen molar-refractivity contribution in [2.45, 2.75) is 26.4 Å². The highest BCUT2D eigenvalue weighted by molar-refractivity contribution is 7.17. The van der Waals surface area contributed by atoms with Crippen LogP contribution < -0.4 is 16.6 Å². The maximum absolute atomic E-state index is 13.7. The molecule has 6 nitrogen and oxygen atoms in total. The molecule has 0 unspecified atom stereocenters. The fourth-order valence-electron chi connectivity index (χ4n) is 2.63. The molecule has 0 aliphatic rings. The van der Waals surface area contributed by atoms with Gasteiger partial charge in [-0.05, 0) is 30.0 Å². The lowest BCUT2D eigenvalue weighted by atomic mass is 10.3. The molecule has 1 aromatic carbocycles. The first kappa shape index (κ1) is 18.0. The molecule has 0 aliphatic heterocycles. The van der Waals surface area contributed by atoms with Crippen molar-refractivity contribution in [2.24, 2.45) is 0 Å². The van der Waals surface area contributed by atoms with Gasteiger partial charge >= 0.3 is 5.69 Å². The Balaban J connectivity index is 1.98. The number of thiophene rings is 1. The van der Waals surface area contributed by atoms with Crippen molar-refractivity contribution in [1.82, 2.24) is 9.13 Å². The fourth-order valence-corrected chi connectivity index (χ4v) is 3.47. The van der Waals surface area contributed by atoms with Crippen LogP contribution in [0.25, 0.3) is 10.2 Å². The molecule has 0 fully saturated rings. The quantitative estimate of drug-likeness (QED) is 0.741. The van der Waals surface area contributed by atoms with Gasteiger partial charge < -0.3 is 5.32 Å². The number of rotatable bonds is 5. The second kappa shape index (κ2) is 7.20. The number of aromatic nitrogens is 2. The number of nitrogens with zero attached hydrogens (tertiary/aromatic N) is 2. The first-order valence-electron chi connectivity index (χ1n) is 7.88. The second-order valence-corrected chi connectivity index (χ2v) is 6.55. The SMILES string of the molecule is CCCn1c(=O)c2sccc2n(CC(=O)Nc2ccc(F)cc2F)c1=O. The zero-order chi connectivity index (χ0) is 18.8. The van der Waals surface area contributed by atoms with Gasteiger partial charge in [0.25, 0.3) is 5.56 Å². The third-order valence-electron chi connectivity index (χ3n) is 3.79. The first-order chi connectivity index (χ1) is 12.4. The van der Waals surface area contributed by atoms with Crippen LogP contribution in [0.15, 0.2) is 39.2 Å². The topological polar surface area (TPSA) is 73.1 Å². The molecule has 0 saturated carbocycles. The number of amides is 1. The normalized spacial score (nSPS) is 11.0. The van der Waals surface area contributed by atoms with Gasteiger partial charge in [-0.3, -0.25) is 18.7 Å². The molecule has 9 heteroatoms. The second-order valence-electron chi connectivity index (χ2n) is 5.63. The molecular weight excluding hydrogens is 364 g/mol. The summed E-state index contributed by atoms with van der Waals surface area (Å²) in [6, 6.07) is 4.36. The Labute approximate surface area is 150 Å². The first-order valence-corrected chi connectivity index (χ1v) is 8.76. The third-order valence-corrected chi connectivity index (χ3v) is 4.68. The van der Waals surface area contributed by atoms with E-state index >= 15 is 0 Å². The molecule has 0 saturated heterocycles. The Bertz CT molecular complexity index is 1100. The van der Waals surface area contributed by atoms with Gasteiger partial charge in [0.15, 0.2) is 0 Å². The van der Waals surface area contributed by atoms with E-state index in [0.717, 1.165) is 16.7 Å². The number of benzene rings is 1. The number of hydrogen-bond acceptors (Lipinski definition) is 4. The molecule has 3 rings (SSSR count). The minimum absolute atomic E-state index is 0.187. The van der Waals surface area contributed by atoms with Crippen LogP contribution >= 0.6 is 11.3 Å². The molecule has 1 amide bonds. The van der Waals surface area contributed by atoms with Crippen LogP contribution in [-0.4, -0.2) is 15.0 Å². The smallest absolute Gasteiger partial charge is 0.322 e. The van der Waals surface area contributed by atoms with E-state index in [4.69, 9.17) is 0 Å². The number of hydrogen-bond donors (Lipinski definition) is 1. The summed E-state index contributed by atoms with van der Waals surface area (Å²) in [5, 5.41) is 3.97. The maximum Gasteiger partial charge on any atom is 0.332 e. The average Bonchev–Trinajstić information content (AvgIpc) is 3.08. The predicted molar refractivity (Wildman–Crippen MR) is 95.6 cm³/mol. The molecule has 0 bridgehead atoms. The summed E-state index contributed by atoms with van der Waals surface area (Å²) in [6.07, 6.45) is 0.582. The summed E-state index contributed by atoms with van der Waals surface area (Å²) in [7, 11) is 0. The van der Waals surface area contributed by atoms with Crippen LogP contribution in [-0.2, 0) is 17.9 Å². The number of nitrogens with one attached hydrogen (secondary N) is 1. The van der Waals surface area contributed by atoms with Gasteiger partial charge in [0.2, 0.25) is 5.91 Å². The van der Waals surface area contributed by atoms with Crippen molar-refractivity contribution >= 4 is 33.1 Å². The van der Waals surface area contributed by atoms with E-state index in [9.17, 15) is 23.2 Å². The average molecular weight is 379 g/mol. The van der Waals surface area contributed by atoms with Crippen LogP contribution in [0.4, 0.5) is 14.5 Å². The molecular formula is C17H15F2N3O3S. The highest BCUT2D eigenvalue weighted by atomic mass is 32.1. The van der Waals surface area contributed by atoms with Gasteiger partial charge in [0.1, 0.15) is 22.9 Å². The van der Waals surface area contributed by atoms with Gasteiger partial charge in [-0.15, -0.1) is 11.3 Å². The summed E-state index contributed by atoms with van der Waals surface area (Å²) in [5.74, 6) is -2.34. The largest absolute Gasteiger partial charge is 0.332 e. The zero-order valence-electron chi connectivity index (χ0n) is 13.8. The van der Waals surface area contributed by atoms with Crippen molar-refractivity contribution in [3.63, 3.8) is 0 Å². The lowest BCUT2D eigenvalue weighted by Crippen LogP contribution is -2.41.